The fourth-order valence-corrected chi connectivity index (χ4v) is 2.63. The van der Waals surface area contributed by atoms with Gasteiger partial charge in [0.1, 0.15) is 0 Å². The number of hydrogen-bond donors (Lipinski definition) is 2. The van der Waals surface area contributed by atoms with Gasteiger partial charge in [-0.3, -0.25) is 4.79 Å². The molecule has 1 heterocycles. The number of nitrogens with zero attached hydrogens (tertiary/aromatic N) is 1. The molecule has 1 saturated carbocycles. The molecule has 0 bridgehead atoms. The molecular weight excluding hydrogens is 204 g/mol. The lowest BCUT2D eigenvalue weighted by atomic mass is 9.86. The van der Waals surface area contributed by atoms with Crippen molar-refractivity contribution in [3.63, 3.8) is 0 Å². The molecule has 1 amide bonds. The van der Waals surface area contributed by atoms with E-state index in [1.807, 2.05) is 13.8 Å². The number of likely N-dealkylation sites (tertiary alicyclic amines) is 1. The number of carbonyl (C=O) groups is 1. The lowest BCUT2D eigenvalue weighted by molar-refractivity contribution is -0.162. The Balaban J connectivity index is 1.89. The van der Waals surface area contributed by atoms with E-state index in [4.69, 9.17) is 5.73 Å². The van der Waals surface area contributed by atoms with Gasteiger partial charge >= 0.3 is 0 Å². The molecule has 1 aliphatic carbocycles. The third-order valence-corrected chi connectivity index (χ3v) is 3.86. The lowest BCUT2D eigenvalue weighted by Crippen LogP contribution is -2.68. The van der Waals surface area contributed by atoms with Crippen LogP contribution in [0.3, 0.4) is 0 Å². The fraction of sp³-hybridized carbons (Fsp3) is 0.917. The van der Waals surface area contributed by atoms with Crippen LogP contribution in [-0.4, -0.2) is 40.1 Å². The first-order valence-corrected chi connectivity index (χ1v) is 6.20. The van der Waals surface area contributed by atoms with Gasteiger partial charge in [-0.2, -0.15) is 0 Å². The smallest absolute Gasteiger partial charge is 0.242 e. The average Bonchev–Trinajstić information content (AvgIpc) is 2.96. The van der Waals surface area contributed by atoms with Crippen molar-refractivity contribution in [2.24, 2.45) is 11.7 Å². The molecule has 16 heavy (non-hydrogen) atoms. The van der Waals surface area contributed by atoms with Crippen molar-refractivity contribution in [1.82, 2.24) is 4.90 Å². The molecule has 1 saturated heterocycles. The summed E-state index contributed by atoms with van der Waals surface area (Å²) in [4.78, 5) is 13.8. The van der Waals surface area contributed by atoms with E-state index in [0.717, 1.165) is 25.7 Å². The summed E-state index contributed by atoms with van der Waals surface area (Å²) in [5.41, 5.74) is 4.70. The highest BCUT2D eigenvalue weighted by Crippen LogP contribution is 2.40. The molecular formula is C12H22N2O2. The van der Waals surface area contributed by atoms with Crippen molar-refractivity contribution in [3.05, 3.63) is 0 Å². The van der Waals surface area contributed by atoms with E-state index in [0.29, 0.717) is 19.0 Å². The van der Waals surface area contributed by atoms with Gasteiger partial charge in [0.15, 0.2) is 0 Å². The molecule has 1 unspecified atom stereocenters. The predicted molar refractivity (Wildman–Crippen MR) is 61.8 cm³/mol. The minimum atomic E-state index is -0.715. The Labute approximate surface area is 96.8 Å². The zero-order valence-corrected chi connectivity index (χ0v) is 10.2. The largest absolute Gasteiger partial charge is 0.386 e. The molecule has 0 aromatic heterocycles. The van der Waals surface area contributed by atoms with Crippen LogP contribution in [0.1, 0.15) is 39.5 Å². The number of nitrogens with two attached hydrogens (primary N) is 1. The second-order valence-corrected chi connectivity index (χ2v) is 5.69. The van der Waals surface area contributed by atoms with Crippen molar-refractivity contribution in [2.75, 3.05) is 13.1 Å². The molecule has 2 rings (SSSR count). The van der Waals surface area contributed by atoms with Crippen LogP contribution >= 0.6 is 0 Å². The maximum absolute atomic E-state index is 12.1. The first kappa shape index (κ1) is 11.9. The SMILES string of the molecule is CCCC1(O)CN(C(=O)C(C)(N)C2CC2)C1. The molecule has 1 atom stereocenters. The average molecular weight is 226 g/mol. The Bertz CT molecular complexity index is 291. The molecule has 3 N–H and O–H groups in total. The zero-order chi connectivity index (χ0) is 12.0. The van der Waals surface area contributed by atoms with Gasteiger partial charge < -0.3 is 15.7 Å². The Morgan fingerprint density at radius 3 is 2.56 bits per heavy atom. The highest BCUT2D eigenvalue weighted by molar-refractivity contribution is 5.87. The lowest BCUT2D eigenvalue weighted by Gasteiger charge is -2.49. The quantitative estimate of drug-likeness (QED) is 0.733. The third-order valence-electron chi connectivity index (χ3n) is 3.86. The topological polar surface area (TPSA) is 66.6 Å². The Morgan fingerprint density at radius 2 is 2.12 bits per heavy atom. The maximum Gasteiger partial charge on any atom is 0.242 e. The van der Waals surface area contributed by atoms with Gasteiger partial charge in [-0.15, -0.1) is 0 Å². The molecule has 92 valence electrons. The summed E-state index contributed by atoms with van der Waals surface area (Å²) in [6, 6.07) is 0. The number of aliphatic hydroxyl groups is 1. The predicted octanol–water partition coefficient (Wildman–Crippen LogP) is 0.487. The van der Waals surface area contributed by atoms with Crippen molar-refractivity contribution in [2.45, 2.75) is 50.7 Å². The van der Waals surface area contributed by atoms with Gasteiger partial charge in [-0.25, -0.2) is 0 Å². The molecule has 4 nitrogen and oxygen atoms in total. The van der Waals surface area contributed by atoms with Crippen LogP contribution in [0.15, 0.2) is 0 Å². The van der Waals surface area contributed by atoms with Crippen LogP contribution in [0.5, 0.6) is 0 Å². The van der Waals surface area contributed by atoms with Gasteiger partial charge in [0.2, 0.25) is 5.91 Å². The highest BCUT2D eigenvalue weighted by Gasteiger charge is 2.51. The van der Waals surface area contributed by atoms with Gasteiger partial charge in [-0.1, -0.05) is 13.3 Å². The third kappa shape index (κ3) is 1.96. The molecule has 2 fully saturated rings. The normalized spacial score (nSPS) is 27.1. The summed E-state index contributed by atoms with van der Waals surface area (Å²) in [5.74, 6) is 0.357. The van der Waals surface area contributed by atoms with Crippen molar-refractivity contribution in [1.29, 1.82) is 0 Å². The van der Waals surface area contributed by atoms with E-state index in [1.54, 1.807) is 4.90 Å². The van der Waals surface area contributed by atoms with E-state index in [1.165, 1.54) is 0 Å². The second-order valence-electron chi connectivity index (χ2n) is 5.69. The van der Waals surface area contributed by atoms with Crippen molar-refractivity contribution >= 4 is 5.91 Å². The number of carbonyl (C=O) groups excluding carboxylic acids is 1. The van der Waals surface area contributed by atoms with Gasteiger partial charge in [-0.05, 0) is 32.1 Å². The highest BCUT2D eigenvalue weighted by atomic mass is 16.3. The van der Waals surface area contributed by atoms with Crippen LogP contribution in [0.25, 0.3) is 0 Å². The summed E-state index contributed by atoms with van der Waals surface area (Å²) >= 11 is 0. The first-order valence-electron chi connectivity index (χ1n) is 6.20. The van der Waals surface area contributed by atoms with Crippen LogP contribution in [-0.2, 0) is 4.79 Å². The number of rotatable bonds is 4. The van der Waals surface area contributed by atoms with Gasteiger partial charge in [0, 0.05) is 0 Å². The van der Waals surface area contributed by atoms with E-state index in [2.05, 4.69) is 0 Å². The molecule has 0 spiro atoms. The second kappa shape index (κ2) is 3.70. The summed E-state index contributed by atoms with van der Waals surface area (Å²) in [6.45, 7) is 4.78. The fourth-order valence-electron chi connectivity index (χ4n) is 2.63. The molecule has 4 heteroatoms. The van der Waals surface area contributed by atoms with Crippen LogP contribution in [0.4, 0.5) is 0 Å². The number of amides is 1. The summed E-state index contributed by atoms with van der Waals surface area (Å²) in [5, 5.41) is 10.0. The molecule has 2 aliphatic rings. The molecule has 0 aromatic rings. The van der Waals surface area contributed by atoms with Crippen LogP contribution < -0.4 is 5.73 Å². The standard InChI is InChI=1S/C12H22N2O2/c1-3-6-12(16)7-14(8-12)10(15)11(2,13)9-4-5-9/h9,16H,3-8,13H2,1-2H3. The minimum absolute atomic E-state index is 0.00998. The minimum Gasteiger partial charge on any atom is -0.386 e. The number of hydrogen-bond acceptors (Lipinski definition) is 3. The van der Waals surface area contributed by atoms with E-state index < -0.39 is 11.1 Å². The van der Waals surface area contributed by atoms with Gasteiger partial charge in [0.05, 0.1) is 24.2 Å². The Morgan fingerprint density at radius 1 is 1.56 bits per heavy atom. The first-order chi connectivity index (χ1) is 7.39. The summed E-state index contributed by atoms with van der Waals surface area (Å²) in [6.07, 6.45) is 3.83. The summed E-state index contributed by atoms with van der Waals surface area (Å²) < 4.78 is 0. The molecule has 0 aromatic carbocycles. The van der Waals surface area contributed by atoms with E-state index >= 15 is 0 Å². The monoisotopic (exact) mass is 226 g/mol. The number of β-amino-alcohol motifs (C(OH)–C–C–N with tert-alkyl or cyclic N) is 1. The summed E-state index contributed by atoms with van der Waals surface area (Å²) in [7, 11) is 0. The van der Waals surface area contributed by atoms with Crippen LogP contribution in [0, 0.1) is 5.92 Å². The Hall–Kier alpha value is -0.610. The Kier molecular flexibility index (Phi) is 2.75. The molecule has 1 aliphatic heterocycles. The zero-order valence-electron chi connectivity index (χ0n) is 10.2. The van der Waals surface area contributed by atoms with Gasteiger partial charge in [0.25, 0.3) is 0 Å². The van der Waals surface area contributed by atoms with E-state index in [9.17, 15) is 9.90 Å². The van der Waals surface area contributed by atoms with Crippen molar-refractivity contribution < 1.29 is 9.90 Å². The molecule has 0 radical (unpaired) electrons. The van der Waals surface area contributed by atoms with Crippen molar-refractivity contribution in [3.8, 4) is 0 Å². The van der Waals surface area contributed by atoms with Crippen LogP contribution in [0.2, 0.25) is 0 Å². The maximum atomic E-state index is 12.1. The van der Waals surface area contributed by atoms with E-state index in [-0.39, 0.29) is 5.91 Å².